The average molecular weight is 654 g/mol. The quantitative estimate of drug-likeness (QED) is 0.185. The van der Waals surface area contributed by atoms with Crippen molar-refractivity contribution in [3.8, 4) is 22.4 Å². The van der Waals surface area contributed by atoms with Crippen molar-refractivity contribution in [2.75, 3.05) is 0 Å². The summed E-state index contributed by atoms with van der Waals surface area (Å²) in [6, 6.07) is 57.6. The van der Waals surface area contributed by atoms with Crippen molar-refractivity contribution in [1.82, 2.24) is 9.97 Å². The SMILES string of the molecule is CC1C/C=C(\c2ccccc2)N=C(c2ccc3ccc(-c4ccc5nc(-c6cccc7ccccc67)ccc5c4)cc3n2)C=C1c1ccccc1. The van der Waals surface area contributed by atoms with Gasteiger partial charge in [-0.05, 0) is 87.3 Å². The molecule has 8 aromatic rings. The number of benzene rings is 6. The maximum Gasteiger partial charge on any atom is 0.0896 e. The predicted octanol–water partition coefficient (Wildman–Crippen LogP) is 12.2. The summed E-state index contributed by atoms with van der Waals surface area (Å²) in [6.45, 7) is 2.30. The molecular formula is C48H35N3. The van der Waals surface area contributed by atoms with Crippen LogP contribution in [0.5, 0.6) is 0 Å². The molecule has 1 atom stereocenters. The van der Waals surface area contributed by atoms with Crippen LogP contribution in [-0.2, 0) is 0 Å². The summed E-state index contributed by atoms with van der Waals surface area (Å²) in [7, 11) is 0. The number of aliphatic imine (C=N–C) groups is 1. The van der Waals surface area contributed by atoms with Crippen molar-refractivity contribution in [2.24, 2.45) is 10.9 Å². The second kappa shape index (κ2) is 13.1. The zero-order chi connectivity index (χ0) is 34.1. The first-order valence-electron chi connectivity index (χ1n) is 17.6. The van der Waals surface area contributed by atoms with Crippen LogP contribution in [0.4, 0.5) is 0 Å². The molecule has 1 aliphatic rings. The van der Waals surface area contributed by atoms with E-state index in [0.29, 0.717) is 5.92 Å². The maximum atomic E-state index is 5.29. The van der Waals surface area contributed by atoms with E-state index in [2.05, 4.69) is 177 Å². The van der Waals surface area contributed by atoms with E-state index in [0.717, 1.165) is 73.3 Å². The molecule has 0 bridgehead atoms. The summed E-state index contributed by atoms with van der Waals surface area (Å²) in [4.78, 5) is 15.6. The van der Waals surface area contributed by atoms with Crippen LogP contribution in [-0.4, -0.2) is 15.7 Å². The molecule has 0 spiro atoms. The van der Waals surface area contributed by atoms with Gasteiger partial charge in [0.25, 0.3) is 0 Å². The standard InChI is InChI=1S/C48H35N3/c1-32-19-25-43(35-14-6-3-7-15-35)50-48(31-42(32)34-11-4-2-5-12-34)46-28-22-36-20-21-38(30-47(36)51-46)37-23-26-44-39(29-37)24-27-45(49-44)41-18-10-16-33-13-8-9-17-40(33)41/h2-18,20-32H,19H2,1H3/b42-31?,43-25+,50-48?. The Bertz CT molecular complexity index is 2660. The van der Waals surface area contributed by atoms with E-state index in [1.807, 2.05) is 6.07 Å². The fourth-order valence-corrected chi connectivity index (χ4v) is 7.18. The Morgan fingerprint density at radius 1 is 0.490 bits per heavy atom. The third kappa shape index (κ3) is 6.04. The van der Waals surface area contributed by atoms with Crippen LogP contribution in [0.1, 0.15) is 30.2 Å². The molecule has 0 saturated heterocycles. The average Bonchev–Trinajstić information content (AvgIpc) is 3.19. The van der Waals surface area contributed by atoms with Crippen LogP contribution in [0.3, 0.4) is 0 Å². The normalized spacial score (nSPS) is 15.9. The third-order valence-electron chi connectivity index (χ3n) is 9.95. The lowest BCUT2D eigenvalue weighted by atomic mass is 9.88. The number of rotatable bonds is 5. The Kier molecular flexibility index (Phi) is 7.87. The summed E-state index contributed by atoms with van der Waals surface area (Å²) in [6.07, 6.45) is 5.42. The van der Waals surface area contributed by atoms with Gasteiger partial charge in [0.1, 0.15) is 0 Å². The first kappa shape index (κ1) is 30.6. The van der Waals surface area contributed by atoms with Crippen molar-refractivity contribution >= 4 is 49.6 Å². The topological polar surface area (TPSA) is 38.1 Å². The van der Waals surface area contributed by atoms with Crippen molar-refractivity contribution < 1.29 is 0 Å². The molecular weight excluding hydrogens is 619 g/mol. The number of allylic oxidation sites excluding steroid dienone is 3. The zero-order valence-electron chi connectivity index (χ0n) is 28.4. The molecule has 3 nitrogen and oxygen atoms in total. The molecule has 0 fully saturated rings. The number of hydrogen-bond donors (Lipinski definition) is 0. The Morgan fingerprint density at radius 3 is 2.02 bits per heavy atom. The van der Waals surface area contributed by atoms with E-state index in [9.17, 15) is 0 Å². The first-order valence-corrected chi connectivity index (χ1v) is 17.6. The van der Waals surface area contributed by atoms with Crippen molar-refractivity contribution in [1.29, 1.82) is 0 Å². The van der Waals surface area contributed by atoms with Crippen molar-refractivity contribution in [2.45, 2.75) is 13.3 Å². The van der Waals surface area contributed by atoms with Crippen LogP contribution in [0.2, 0.25) is 0 Å². The van der Waals surface area contributed by atoms with Gasteiger partial charge in [-0.3, -0.25) is 0 Å². The lowest BCUT2D eigenvalue weighted by Gasteiger charge is -2.19. The minimum absolute atomic E-state index is 0.314. The van der Waals surface area contributed by atoms with Crippen molar-refractivity contribution in [3.05, 3.63) is 193 Å². The highest BCUT2D eigenvalue weighted by molar-refractivity contribution is 6.14. The third-order valence-corrected chi connectivity index (χ3v) is 9.95. The van der Waals surface area contributed by atoms with Gasteiger partial charge in [-0.2, -0.15) is 0 Å². The Hall–Kier alpha value is -6.45. The molecule has 0 saturated carbocycles. The molecule has 2 aromatic heterocycles. The van der Waals surface area contributed by atoms with E-state index in [1.165, 1.54) is 21.9 Å². The summed E-state index contributed by atoms with van der Waals surface area (Å²) in [5, 5.41) is 4.63. The van der Waals surface area contributed by atoms with E-state index in [4.69, 9.17) is 15.0 Å². The first-order chi connectivity index (χ1) is 25.2. The van der Waals surface area contributed by atoms with Gasteiger partial charge in [0.15, 0.2) is 0 Å². The van der Waals surface area contributed by atoms with Crippen LogP contribution < -0.4 is 0 Å². The molecule has 3 heteroatoms. The fourth-order valence-electron chi connectivity index (χ4n) is 7.18. The van der Waals surface area contributed by atoms with E-state index >= 15 is 0 Å². The summed E-state index contributed by atoms with van der Waals surface area (Å²) < 4.78 is 0. The monoisotopic (exact) mass is 653 g/mol. The fraction of sp³-hybridized carbons (Fsp3) is 0.0625. The molecule has 1 unspecified atom stereocenters. The predicted molar refractivity (Wildman–Crippen MR) is 215 cm³/mol. The molecule has 6 aromatic carbocycles. The lowest BCUT2D eigenvalue weighted by Crippen LogP contribution is -2.08. The largest absolute Gasteiger partial charge is 0.248 e. The Balaban J connectivity index is 1.10. The second-order valence-corrected chi connectivity index (χ2v) is 13.3. The highest BCUT2D eigenvalue weighted by atomic mass is 14.8. The molecule has 3 heterocycles. The molecule has 0 N–H and O–H groups in total. The van der Waals surface area contributed by atoms with Gasteiger partial charge in [-0.1, -0.05) is 146 Å². The molecule has 242 valence electrons. The maximum absolute atomic E-state index is 5.29. The molecule has 1 aliphatic heterocycles. The van der Waals surface area contributed by atoms with E-state index < -0.39 is 0 Å². The molecule has 51 heavy (non-hydrogen) atoms. The van der Waals surface area contributed by atoms with Crippen LogP contribution in [0, 0.1) is 5.92 Å². The zero-order valence-corrected chi connectivity index (χ0v) is 28.4. The highest BCUT2D eigenvalue weighted by Crippen LogP contribution is 2.33. The van der Waals surface area contributed by atoms with Gasteiger partial charge >= 0.3 is 0 Å². The minimum atomic E-state index is 0.314. The van der Waals surface area contributed by atoms with Gasteiger partial charge < -0.3 is 0 Å². The van der Waals surface area contributed by atoms with E-state index in [1.54, 1.807) is 0 Å². The number of hydrogen-bond acceptors (Lipinski definition) is 3. The van der Waals surface area contributed by atoms with Gasteiger partial charge in [0.2, 0.25) is 0 Å². The van der Waals surface area contributed by atoms with Gasteiger partial charge in [0, 0.05) is 16.3 Å². The summed E-state index contributed by atoms with van der Waals surface area (Å²) in [5.41, 5.74) is 12.6. The summed E-state index contributed by atoms with van der Waals surface area (Å²) >= 11 is 0. The number of pyridine rings is 2. The van der Waals surface area contributed by atoms with E-state index in [-0.39, 0.29) is 0 Å². The lowest BCUT2D eigenvalue weighted by molar-refractivity contribution is 0.765. The molecule has 0 amide bonds. The highest BCUT2D eigenvalue weighted by Gasteiger charge is 2.18. The Morgan fingerprint density at radius 2 is 1.16 bits per heavy atom. The van der Waals surface area contributed by atoms with Crippen LogP contribution in [0.25, 0.3) is 66.2 Å². The van der Waals surface area contributed by atoms with Gasteiger partial charge in [-0.25, -0.2) is 15.0 Å². The number of nitrogens with zero attached hydrogens (tertiary/aromatic N) is 3. The van der Waals surface area contributed by atoms with Gasteiger partial charge in [0.05, 0.1) is 33.8 Å². The number of fused-ring (bicyclic) bond motifs is 3. The minimum Gasteiger partial charge on any atom is -0.248 e. The molecule has 0 radical (unpaired) electrons. The molecule has 9 rings (SSSR count). The van der Waals surface area contributed by atoms with Crippen LogP contribution >= 0.6 is 0 Å². The van der Waals surface area contributed by atoms with Crippen molar-refractivity contribution in [3.63, 3.8) is 0 Å². The van der Waals surface area contributed by atoms with Crippen LogP contribution in [0.15, 0.2) is 181 Å². The second-order valence-electron chi connectivity index (χ2n) is 13.3. The number of aromatic nitrogens is 2. The Labute approximate surface area is 298 Å². The van der Waals surface area contributed by atoms with Gasteiger partial charge in [-0.15, -0.1) is 0 Å². The molecule has 0 aliphatic carbocycles. The smallest absolute Gasteiger partial charge is 0.0896 e. The summed E-state index contributed by atoms with van der Waals surface area (Å²) in [5.74, 6) is 0.314.